The molecule has 0 amide bonds. The molecule has 0 spiro atoms. The van der Waals surface area contributed by atoms with E-state index in [4.69, 9.17) is 4.74 Å². The zero-order valence-corrected chi connectivity index (χ0v) is 7.18. The maximum absolute atomic E-state index is 9.46. The van der Waals surface area contributed by atoms with Gasteiger partial charge in [0.2, 0.25) is 0 Å². The van der Waals surface area contributed by atoms with Crippen molar-refractivity contribution in [2.24, 2.45) is 5.92 Å². The lowest BCUT2D eigenvalue weighted by Crippen LogP contribution is -2.18. The van der Waals surface area contributed by atoms with E-state index in [1.807, 2.05) is 0 Å². The smallest absolute Gasteiger partial charge is 0.0964 e. The predicted octanol–water partition coefficient (Wildman–Crippen LogP) is 2.12. The van der Waals surface area contributed by atoms with Crippen LogP contribution in [0.4, 0.5) is 0 Å². The minimum atomic E-state index is 0.420. The van der Waals surface area contributed by atoms with Crippen molar-refractivity contribution >= 4 is 0 Å². The topological polar surface area (TPSA) is 29.5 Å². The van der Waals surface area contributed by atoms with E-state index in [0.29, 0.717) is 12.0 Å². The molecule has 1 radical (unpaired) electrons. The van der Waals surface area contributed by atoms with Crippen molar-refractivity contribution in [1.29, 1.82) is 0 Å². The van der Waals surface area contributed by atoms with Gasteiger partial charge in [0.15, 0.2) is 0 Å². The standard InChI is InChI=1S/C9H17O2/c1-11-7-6-8-4-2-3-5-9(8)10/h8,10H,2-7H2,1H3. The van der Waals surface area contributed by atoms with Crippen LogP contribution >= 0.6 is 0 Å². The van der Waals surface area contributed by atoms with Gasteiger partial charge in [-0.05, 0) is 25.2 Å². The van der Waals surface area contributed by atoms with Crippen LogP contribution in [0.3, 0.4) is 0 Å². The van der Waals surface area contributed by atoms with Gasteiger partial charge in [0, 0.05) is 13.7 Å². The van der Waals surface area contributed by atoms with Crippen LogP contribution in [-0.2, 0) is 4.74 Å². The van der Waals surface area contributed by atoms with Crippen molar-refractivity contribution in [3.8, 4) is 0 Å². The van der Waals surface area contributed by atoms with Crippen LogP contribution in [0.25, 0.3) is 0 Å². The van der Waals surface area contributed by atoms with E-state index in [1.54, 1.807) is 7.11 Å². The molecule has 1 unspecified atom stereocenters. The molecule has 65 valence electrons. The molecule has 11 heavy (non-hydrogen) atoms. The third-order valence-corrected chi connectivity index (χ3v) is 2.38. The second kappa shape index (κ2) is 4.73. The molecule has 2 nitrogen and oxygen atoms in total. The molecule has 0 bridgehead atoms. The number of hydrogen-bond donors (Lipinski definition) is 1. The normalized spacial score (nSPS) is 27.3. The van der Waals surface area contributed by atoms with Gasteiger partial charge in [0.25, 0.3) is 0 Å². The van der Waals surface area contributed by atoms with Crippen LogP contribution < -0.4 is 0 Å². The summed E-state index contributed by atoms with van der Waals surface area (Å²) in [5, 5.41) is 9.46. The summed E-state index contributed by atoms with van der Waals surface area (Å²) in [5.41, 5.74) is 0. The van der Waals surface area contributed by atoms with Gasteiger partial charge in [-0.1, -0.05) is 12.8 Å². The van der Waals surface area contributed by atoms with E-state index in [0.717, 1.165) is 32.3 Å². The molecule has 1 rings (SSSR count). The van der Waals surface area contributed by atoms with Gasteiger partial charge in [0.05, 0.1) is 6.10 Å². The van der Waals surface area contributed by atoms with Gasteiger partial charge in [-0.2, -0.15) is 0 Å². The third kappa shape index (κ3) is 2.80. The largest absolute Gasteiger partial charge is 0.387 e. The second-order valence-electron chi connectivity index (χ2n) is 3.22. The summed E-state index contributed by atoms with van der Waals surface area (Å²) in [5.74, 6) is 0.420. The second-order valence-corrected chi connectivity index (χ2v) is 3.22. The van der Waals surface area contributed by atoms with Gasteiger partial charge >= 0.3 is 0 Å². The van der Waals surface area contributed by atoms with E-state index >= 15 is 0 Å². The van der Waals surface area contributed by atoms with Gasteiger partial charge in [0.1, 0.15) is 0 Å². The molecule has 0 saturated heterocycles. The summed E-state index contributed by atoms with van der Waals surface area (Å²) in [6.45, 7) is 0.773. The first-order valence-corrected chi connectivity index (χ1v) is 4.38. The minimum absolute atomic E-state index is 0.420. The Balaban J connectivity index is 2.18. The summed E-state index contributed by atoms with van der Waals surface area (Å²) in [6, 6.07) is 0. The highest BCUT2D eigenvalue weighted by atomic mass is 16.5. The molecule has 1 atom stereocenters. The van der Waals surface area contributed by atoms with E-state index in [9.17, 15) is 5.11 Å². The molecule has 1 saturated carbocycles. The molecular formula is C9H17O2. The van der Waals surface area contributed by atoms with Crippen LogP contribution in [0.2, 0.25) is 0 Å². The van der Waals surface area contributed by atoms with Crippen molar-refractivity contribution in [3.63, 3.8) is 0 Å². The Morgan fingerprint density at radius 3 is 3.00 bits per heavy atom. The first-order chi connectivity index (χ1) is 5.34. The van der Waals surface area contributed by atoms with E-state index in [-0.39, 0.29) is 0 Å². The SMILES string of the molecule is COCCC1CCCC[C]1O. The number of ether oxygens (including phenoxy) is 1. The lowest BCUT2D eigenvalue weighted by atomic mass is 9.85. The van der Waals surface area contributed by atoms with Crippen molar-refractivity contribution in [2.45, 2.75) is 32.1 Å². The summed E-state index contributed by atoms with van der Waals surface area (Å²) >= 11 is 0. The van der Waals surface area contributed by atoms with Crippen molar-refractivity contribution in [1.82, 2.24) is 0 Å². The quantitative estimate of drug-likeness (QED) is 0.680. The summed E-state index contributed by atoms with van der Waals surface area (Å²) in [6.07, 6.45) is 6.17. The average Bonchev–Trinajstić information content (AvgIpc) is 2.03. The van der Waals surface area contributed by atoms with Crippen LogP contribution in [0.5, 0.6) is 0 Å². The molecule has 0 aromatic heterocycles. The maximum atomic E-state index is 9.46. The molecule has 0 aromatic carbocycles. The highest BCUT2D eigenvalue weighted by Crippen LogP contribution is 2.31. The molecule has 1 aliphatic rings. The fraction of sp³-hybridized carbons (Fsp3) is 0.889. The Kier molecular flexibility index (Phi) is 3.87. The Morgan fingerprint density at radius 2 is 2.36 bits per heavy atom. The van der Waals surface area contributed by atoms with Gasteiger partial charge in [-0.25, -0.2) is 0 Å². The van der Waals surface area contributed by atoms with E-state index in [1.165, 1.54) is 6.42 Å². The first kappa shape index (κ1) is 9.01. The number of rotatable bonds is 3. The summed E-state index contributed by atoms with van der Waals surface area (Å²) in [7, 11) is 1.71. The Bertz CT molecular complexity index is 104. The fourth-order valence-corrected chi connectivity index (χ4v) is 1.64. The molecular weight excluding hydrogens is 140 g/mol. The molecule has 1 fully saturated rings. The number of aliphatic hydroxyl groups is 1. The number of methoxy groups -OCH3 is 1. The molecule has 1 N–H and O–H groups in total. The highest BCUT2D eigenvalue weighted by Gasteiger charge is 2.23. The van der Waals surface area contributed by atoms with Crippen LogP contribution in [0.15, 0.2) is 0 Å². The highest BCUT2D eigenvalue weighted by molar-refractivity contribution is 4.88. The zero-order chi connectivity index (χ0) is 8.10. The Morgan fingerprint density at radius 1 is 1.55 bits per heavy atom. The number of aliphatic hydroxyl groups excluding tert-OH is 1. The minimum Gasteiger partial charge on any atom is -0.387 e. The average molecular weight is 157 g/mol. The van der Waals surface area contributed by atoms with Gasteiger partial charge in [-0.15, -0.1) is 0 Å². The molecule has 1 aliphatic carbocycles. The predicted molar refractivity (Wildman–Crippen MR) is 43.6 cm³/mol. The third-order valence-electron chi connectivity index (χ3n) is 2.38. The molecule has 0 heterocycles. The lowest BCUT2D eigenvalue weighted by molar-refractivity contribution is 0.125. The first-order valence-electron chi connectivity index (χ1n) is 4.38. The fourth-order valence-electron chi connectivity index (χ4n) is 1.64. The van der Waals surface area contributed by atoms with E-state index in [2.05, 4.69) is 0 Å². The Hall–Kier alpha value is -0.0800. The monoisotopic (exact) mass is 157 g/mol. The molecule has 2 heteroatoms. The van der Waals surface area contributed by atoms with Crippen molar-refractivity contribution < 1.29 is 9.84 Å². The Labute approximate surface area is 68.6 Å². The van der Waals surface area contributed by atoms with Crippen LogP contribution in [0, 0.1) is 12.0 Å². The van der Waals surface area contributed by atoms with E-state index < -0.39 is 0 Å². The van der Waals surface area contributed by atoms with Crippen LogP contribution in [0.1, 0.15) is 32.1 Å². The van der Waals surface area contributed by atoms with Gasteiger partial charge in [-0.3, -0.25) is 0 Å². The zero-order valence-electron chi connectivity index (χ0n) is 7.18. The lowest BCUT2D eigenvalue weighted by Gasteiger charge is -2.26. The van der Waals surface area contributed by atoms with Crippen molar-refractivity contribution in [2.75, 3.05) is 13.7 Å². The van der Waals surface area contributed by atoms with Crippen LogP contribution in [-0.4, -0.2) is 18.8 Å². The summed E-state index contributed by atoms with van der Waals surface area (Å²) < 4.78 is 4.97. The van der Waals surface area contributed by atoms with Crippen molar-refractivity contribution in [3.05, 3.63) is 6.10 Å². The van der Waals surface area contributed by atoms with Gasteiger partial charge < -0.3 is 9.84 Å². The molecule has 0 aliphatic heterocycles. The maximum Gasteiger partial charge on any atom is 0.0964 e. The summed E-state index contributed by atoms with van der Waals surface area (Å²) in [4.78, 5) is 0. The number of hydrogen-bond acceptors (Lipinski definition) is 2. The molecule has 0 aromatic rings.